The van der Waals surface area contributed by atoms with Crippen LogP contribution < -0.4 is 16.1 Å². The van der Waals surface area contributed by atoms with Crippen molar-refractivity contribution in [3.8, 4) is 0 Å². The van der Waals surface area contributed by atoms with Crippen LogP contribution in [0.4, 0.5) is 0 Å². The summed E-state index contributed by atoms with van der Waals surface area (Å²) in [6, 6.07) is 23.5. The summed E-state index contributed by atoms with van der Waals surface area (Å²) < 4.78 is 1.85. The van der Waals surface area contributed by atoms with E-state index in [0.29, 0.717) is 40.5 Å². The summed E-state index contributed by atoms with van der Waals surface area (Å²) in [5.74, 6) is -0.370. The van der Waals surface area contributed by atoms with Crippen LogP contribution in [-0.2, 0) is 11.3 Å². The Bertz CT molecular complexity index is 1220. The van der Waals surface area contributed by atoms with Gasteiger partial charge in [-0.2, -0.15) is 0 Å². The Morgan fingerprint density at radius 1 is 0.700 bits per heavy atom. The van der Waals surface area contributed by atoms with E-state index in [2.05, 4.69) is 10.6 Å². The predicted molar refractivity (Wildman–Crippen MR) is 117 cm³/mol. The van der Waals surface area contributed by atoms with Crippen molar-refractivity contribution in [3.63, 3.8) is 0 Å². The minimum absolute atomic E-state index is 0.0403. The third kappa shape index (κ3) is 3.93. The first-order valence-corrected chi connectivity index (χ1v) is 9.75. The summed E-state index contributed by atoms with van der Waals surface area (Å²) in [5.41, 5.74) is 1.97. The second-order valence-corrected chi connectivity index (χ2v) is 6.92. The number of carbonyl (C=O) groups excluding carboxylic acids is 2. The van der Waals surface area contributed by atoms with Gasteiger partial charge in [0.2, 0.25) is 5.91 Å². The van der Waals surface area contributed by atoms with Crippen molar-refractivity contribution in [1.29, 1.82) is 0 Å². The van der Waals surface area contributed by atoms with Crippen LogP contribution in [0.25, 0.3) is 21.8 Å². The molecule has 1 heterocycles. The van der Waals surface area contributed by atoms with Crippen LogP contribution in [0.5, 0.6) is 0 Å². The molecule has 3 aromatic carbocycles. The van der Waals surface area contributed by atoms with Crippen molar-refractivity contribution in [3.05, 3.63) is 94.6 Å². The second-order valence-electron chi connectivity index (χ2n) is 6.92. The molecule has 1 aromatic heterocycles. The van der Waals surface area contributed by atoms with Crippen LogP contribution in [0.15, 0.2) is 83.7 Å². The monoisotopic (exact) mass is 399 g/mol. The average Bonchev–Trinajstić information content (AvgIpc) is 2.80. The average molecular weight is 399 g/mol. The molecule has 2 N–H and O–H groups in total. The normalized spacial score (nSPS) is 10.8. The number of aromatic nitrogens is 1. The van der Waals surface area contributed by atoms with Gasteiger partial charge in [0, 0.05) is 29.4 Å². The van der Waals surface area contributed by atoms with E-state index in [4.69, 9.17) is 0 Å². The molecule has 0 bridgehead atoms. The minimum atomic E-state index is -0.192. The molecule has 0 saturated heterocycles. The third-order valence-electron chi connectivity index (χ3n) is 4.95. The molecule has 0 unspecified atom stereocenters. The fraction of sp³-hybridized carbons (Fsp3) is 0.125. The number of carbonyl (C=O) groups is 2. The van der Waals surface area contributed by atoms with E-state index in [1.165, 1.54) is 0 Å². The second kappa shape index (κ2) is 8.61. The number of fused-ring (bicyclic) bond motifs is 2. The number of para-hydroxylation sites is 2. The SMILES string of the molecule is O=C(Cn1c2ccccc2c(=O)c2ccccc21)NCCNC(=O)c1ccccc1. The lowest BCUT2D eigenvalue weighted by atomic mass is 10.1. The molecule has 4 rings (SSSR count). The molecule has 6 nitrogen and oxygen atoms in total. The number of rotatable bonds is 6. The molecule has 0 fully saturated rings. The molecule has 0 saturated carbocycles. The molecule has 0 aliphatic carbocycles. The topological polar surface area (TPSA) is 80.2 Å². The van der Waals surface area contributed by atoms with Gasteiger partial charge in [0.15, 0.2) is 5.43 Å². The first-order chi connectivity index (χ1) is 14.6. The van der Waals surface area contributed by atoms with Crippen LogP contribution in [0.2, 0.25) is 0 Å². The lowest BCUT2D eigenvalue weighted by molar-refractivity contribution is -0.121. The van der Waals surface area contributed by atoms with E-state index in [9.17, 15) is 14.4 Å². The summed E-state index contributed by atoms with van der Waals surface area (Å²) in [6.07, 6.45) is 0. The zero-order valence-corrected chi connectivity index (χ0v) is 16.3. The van der Waals surface area contributed by atoms with Gasteiger partial charge in [-0.25, -0.2) is 0 Å². The molecule has 0 radical (unpaired) electrons. The summed E-state index contributed by atoms with van der Waals surface area (Å²) >= 11 is 0. The number of hydrogen-bond acceptors (Lipinski definition) is 3. The van der Waals surface area contributed by atoms with Crippen molar-refractivity contribution >= 4 is 33.6 Å². The highest BCUT2D eigenvalue weighted by Gasteiger charge is 2.12. The largest absolute Gasteiger partial charge is 0.353 e. The lowest BCUT2D eigenvalue weighted by Crippen LogP contribution is -2.36. The Balaban J connectivity index is 1.46. The summed E-state index contributed by atoms with van der Waals surface area (Å²) in [7, 11) is 0. The number of benzene rings is 3. The zero-order chi connectivity index (χ0) is 20.9. The Hall–Kier alpha value is -3.93. The van der Waals surface area contributed by atoms with Gasteiger partial charge in [-0.05, 0) is 36.4 Å². The maximum absolute atomic E-state index is 12.8. The van der Waals surface area contributed by atoms with Crippen molar-refractivity contribution in [2.75, 3.05) is 13.1 Å². The maximum atomic E-state index is 12.8. The molecule has 6 heteroatoms. The van der Waals surface area contributed by atoms with E-state index in [0.717, 1.165) is 0 Å². The highest BCUT2D eigenvalue weighted by molar-refractivity contribution is 5.95. The number of amides is 2. The first-order valence-electron chi connectivity index (χ1n) is 9.75. The van der Waals surface area contributed by atoms with Gasteiger partial charge >= 0.3 is 0 Å². The van der Waals surface area contributed by atoms with Crippen LogP contribution >= 0.6 is 0 Å². The summed E-state index contributed by atoms with van der Waals surface area (Å²) in [5, 5.41) is 6.78. The molecule has 0 spiro atoms. The van der Waals surface area contributed by atoms with Crippen LogP contribution in [-0.4, -0.2) is 29.5 Å². The number of pyridine rings is 1. The number of nitrogens with one attached hydrogen (secondary N) is 2. The minimum Gasteiger partial charge on any atom is -0.353 e. The summed E-state index contributed by atoms with van der Waals surface area (Å²) in [6.45, 7) is 0.715. The van der Waals surface area contributed by atoms with Gasteiger partial charge in [0.1, 0.15) is 6.54 Å². The van der Waals surface area contributed by atoms with E-state index in [1.807, 2.05) is 47.0 Å². The van der Waals surface area contributed by atoms with Gasteiger partial charge in [-0.1, -0.05) is 42.5 Å². The van der Waals surface area contributed by atoms with Gasteiger partial charge in [-0.3, -0.25) is 14.4 Å². The van der Waals surface area contributed by atoms with Crippen molar-refractivity contribution < 1.29 is 9.59 Å². The Morgan fingerprint density at radius 3 is 1.87 bits per heavy atom. The number of nitrogens with zero attached hydrogens (tertiary/aromatic N) is 1. The maximum Gasteiger partial charge on any atom is 0.251 e. The standard InChI is InChI=1S/C24H21N3O3/c28-22(25-14-15-26-24(30)17-8-2-1-3-9-17)16-27-20-12-6-4-10-18(20)23(29)19-11-5-7-13-21(19)27/h1-13H,14-16H2,(H,25,28)(H,26,30). The van der Waals surface area contributed by atoms with Gasteiger partial charge in [0.25, 0.3) is 5.91 Å². The van der Waals surface area contributed by atoms with E-state index >= 15 is 0 Å². The molecule has 4 aromatic rings. The number of hydrogen-bond donors (Lipinski definition) is 2. The van der Waals surface area contributed by atoms with E-state index < -0.39 is 0 Å². The molecular weight excluding hydrogens is 378 g/mol. The smallest absolute Gasteiger partial charge is 0.251 e. The Labute approximate surface area is 173 Å². The van der Waals surface area contributed by atoms with Crippen molar-refractivity contribution in [1.82, 2.24) is 15.2 Å². The third-order valence-corrected chi connectivity index (χ3v) is 4.95. The molecule has 0 aliphatic heterocycles. The Morgan fingerprint density at radius 2 is 1.23 bits per heavy atom. The molecule has 150 valence electrons. The first kappa shape index (κ1) is 19.4. The van der Waals surface area contributed by atoms with E-state index in [1.54, 1.807) is 36.4 Å². The quantitative estimate of drug-likeness (QED) is 0.386. The fourth-order valence-electron chi connectivity index (χ4n) is 3.52. The predicted octanol–water partition coefficient (Wildman–Crippen LogP) is 2.70. The van der Waals surface area contributed by atoms with Crippen molar-refractivity contribution in [2.24, 2.45) is 0 Å². The van der Waals surface area contributed by atoms with Crippen LogP contribution in [0.1, 0.15) is 10.4 Å². The fourth-order valence-corrected chi connectivity index (χ4v) is 3.52. The summed E-state index contributed by atoms with van der Waals surface area (Å²) in [4.78, 5) is 37.4. The zero-order valence-electron chi connectivity index (χ0n) is 16.3. The Kier molecular flexibility index (Phi) is 5.57. The van der Waals surface area contributed by atoms with Gasteiger partial charge in [0.05, 0.1) is 11.0 Å². The molecule has 0 aliphatic rings. The molecule has 2 amide bonds. The van der Waals surface area contributed by atoms with Crippen LogP contribution in [0, 0.1) is 0 Å². The highest BCUT2D eigenvalue weighted by Crippen LogP contribution is 2.18. The molecule has 30 heavy (non-hydrogen) atoms. The molecular formula is C24H21N3O3. The van der Waals surface area contributed by atoms with Gasteiger partial charge in [-0.15, -0.1) is 0 Å². The highest BCUT2D eigenvalue weighted by atomic mass is 16.2. The van der Waals surface area contributed by atoms with Crippen LogP contribution in [0.3, 0.4) is 0 Å². The van der Waals surface area contributed by atoms with Crippen molar-refractivity contribution in [2.45, 2.75) is 6.54 Å². The van der Waals surface area contributed by atoms with E-state index in [-0.39, 0.29) is 23.8 Å². The van der Waals surface area contributed by atoms with Gasteiger partial charge < -0.3 is 15.2 Å². The molecule has 0 atom stereocenters. The lowest BCUT2D eigenvalue weighted by Gasteiger charge is -2.15.